The van der Waals surface area contributed by atoms with Crippen molar-refractivity contribution in [2.45, 2.75) is 31.6 Å². The molecule has 1 heteroatoms. The van der Waals surface area contributed by atoms with E-state index in [9.17, 15) is 5.26 Å². The molecule has 0 aromatic heterocycles. The molecule has 0 saturated carbocycles. The third-order valence-electron chi connectivity index (χ3n) is 4.65. The third-order valence-corrected chi connectivity index (χ3v) is 4.65. The highest BCUT2D eigenvalue weighted by molar-refractivity contribution is 5.27. The van der Waals surface area contributed by atoms with Gasteiger partial charge in [0.25, 0.3) is 0 Å². The van der Waals surface area contributed by atoms with E-state index in [2.05, 4.69) is 60.7 Å². The molecule has 0 saturated heterocycles. The topological polar surface area (TPSA) is 23.8 Å². The van der Waals surface area contributed by atoms with Crippen molar-refractivity contribution in [3.63, 3.8) is 0 Å². The number of hydrogen-bond donors (Lipinski definition) is 0. The van der Waals surface area contributed by atoms with Crippen LogP contribution in [-0.4, -0.2) is 0 Å². The Morgan fingerprint density at radius 1 is 0.600 bits per heavy atom. The fourth-order valence-corrected chi connectivity index (χ4v) is 3.11. The first-order valence-electron chi connectivity index (χ1n) is 8.91. The zero-order valence-electron chi connectivity index (χ0n) is 14.4. The molecule has 1 nitrogen and oxygen atoms in total. The highest BCUT2D eigenvalue weighted by Crippen LogP contribution is 2.21. The standard InChI is InChI=1S/C24H23N/c25-19-24(23-9-5-2-6-10-23)18-17-22-15-13-21(14-16-22)12-11-20-7-3-1-4-8-20/h1-10,13-16,24H,11-12,17-18H2. The molecule has 25 heavy (non-hydrogen) atoms. The van der Waals surface area contributed by atoms with Crippen LogP contribution >= 0.6 is 0 Å². The van der Waals surface area contributed by atoms with E-state index in [-0.39, 0.29) is 5.92 Å². The molecule has 0 aliphatic carbocycles. The zero-order valence-corrected chi connectivity index (χ0v) is 14.4. The Balaban J connectivity index is 1.53. The summed E-state index contributed by atoms with van der Waals surface area (Å²) in [6.07, 6.45) is 3.94. The van der Waals surface area contributed by atoms with Gasteiger partial charge >= 0.3 is 0 Å². The molecule has 0 heterocycles. The normalized spacial score (nSPS) is 11.6. The number of nitriles is 1. The van der Waals surface area contributed by atoms with Crippen molar-refractivity contribution in [3.05, 3.63) is 107 Å². The van der Waals surface area contributed by atoms with Crippen molar-refractivity contribution in [2.24, 2.45) is 0 Å². The van der Waals surface area contributed by atoms with Gasteiger partial charge in [0.1, 0.15) is 0 Å². The summed E-state index contributed by atoms with van der Waals surface area (Å²) in [5, 5.41) is 9.43. The van der Waals surface area contributed by atoms with Crippen LogP contribution in [0.3, 0.4) is 0 Å². The largest absolute Gasteiger partial charge is 0.198 e. The van der Waals surface area contributed by atoms with Crippen LogP contribution in [0.4, 0.5) is 0 Å². The summed E-state index contributed by atoms with van der Waals surface area (Å²) in [5.74, 6) is -0.0287. The molecule has 3 aromatic carbocycles. The first kappa shape index (κ1) is 17.0. The maximum Gasteiger partial charge on any atom is 0.0715 e. The minimum Gasteiger partial charge on any atom is -0.198 e. The van der Waals surface area contributed by atoms with Gasteiger partial charge in [0.2, 0.25) is 0 Å². The number of hydrogen-bond acceptors (Lipinski definition) is 1. The highest BCUT2D eigenvalue weighted by atomic mass is 14.3. The summed E-state index contributed by atoms with van der Waals surface area (Å²) < 4.78 is 0. The molecule has 124 valence electrons. The minimum absolute atomic E-state index is 0.0287. The summed E-state index contributed by atoms with van der Waals surface area (Å²) in [6, 6.07) is 32.0. The lowest BCUT2D eigenvalue weighted by molar-refractivity contribution is 0.746. The SMILES string of the molecule is N#CC(CCc1ccc(CCc2ccccc2)cc1)c1ccccc1. The molecule has 0 fully saturated rings. The second-order valence-electron chi connectivity index (χ2n) is 6.43. The van der Waals surface area contributed by atoms with E-state index in [4.69, 9.17) is 0 Å². The number of nitrogens with zero attached hydrogens (tertiary/aromatic N) is 1. The van der Waals surface area contributed by atoms with Crippen molar-refractivity contribution in [2.75, 3.05) is 0 Å². The average Bonchev–Trinajstić information content (AvgIpc) is 2.69. The average molecular weight is 325 g/mol. The van der Waals surface area contributed by atoms with E-state index < -0.39 is 0 Å². The number of benzene rings is 3. The summed E-state index contributed by atoms with van der Waals surface area (Å²) in [6.45, 7) is 0. The maximum absolute atomic E-state index is 9.43. The Labute approximate surface area is 150 Å². The van der Waals surface area contributed by atoms with Gasteiger partial charge in [-0.05, 0) is 47.9 Å². The Kier molecular flexibility index (Phi) is 6.01. The molecule has 0 bridgehead atoms. The van der Waals surface area contributed by atoms with E-state index in [0.717, 1.165) is 31.2 Å². The van der Waals surface area contributed by atoms with Crippen LogP contribution in [0.2, 0.25) is 0 Å². The van der Waals surface area contributed by atoms with E-state index in [1.807, 2.05) is 30.3 Å². The second-order valence-corrected chi connectivity index (χ2v) is 6.43. The molecular formula is C24H23N. The quantitative estimate of drug-likeness (QED) is 0.545. The van der Waals surface area contributed by atoms with Gasteiger partial charge in [-0.25, -0.2) is 0 Å². The van der Waals surface area contributed by atoms with E-state index in [1.165, 1.54) is 16.7 Å². The van der Waals surface area contributed by atoms with Crippen LogP contribution in [0, 0.1) is 11.3 Å². The monoisotopic (exact) mass is 325 g/mol. The molecule has 1 atom stereocenters. The lowest BCUT2D eigenvalue weighted by Gasteiger charge is -2.10. The summed E-state index contributed by atoms with van der Waals surface area (Å²) >= 11 is 0. The predicted octanol–water partition coefficient (Wildman–Crippen LogP) is 5.71. The lowest BCUT2D eigenvalue weighted by atomic mass is 9.93. The Bertz CT molecular complexity index is 798. The highest BCUT2D eigenvalue weighted by Gasteiger charge is 2.10. The molecule has 0 spiro atoms. The fraction of sp³-hybridized carbons (Fsp3) is 0.208. The van der Waals surface area contributed by atoms with Crippen molar-refractivity contribution in [1.82, 2.24) is 0 Å². The number of aryl methyl sites for hydroxylation is 3. The molecule has 0 aliphatic rings. The first-order chi connectivity index (χ1) is 12.3. The number of rotatable bonds is 7. The van der Waals surface area contributed by atoms with Crippen molar-refractivity contribution < 1.29 is 0 Å². The van der Waals surface area contributed by atoms with Gasteiger partial charge in [0, 0.05) is 0 Å². The molecule has 0 N–H and O–H groups in total. The van der Waals surface area contributed by atoms with Crippen LogP contribution in [0.15, 0.2) is 84.9 Å². The van der Waals surface area contributed by atoms with Gasteiger partial charge in [0.15, 0.2) is 0 Å². The van der Waals surface area contributed by atoms with Gasteiger partial charge in [-0.15, -0.1) is 0 Å². The minimum atomic E-state index is -0.0287. The van der Waals surface area contributed by atoms with E-state index in [0.29, 0.717) is 0 Å². The van der Waals surface area contributed by atoms with Crippen LogP contribution in [0.25, 0.3) is 0 Å². The van der Waals surface area contributed by atoms with Gasteiger partial charge in [-0.2, -0.15) is 5.26 Å². The summed E-state index contributed by atoms with van der Waals surface area (Å²) in [5.41, 5.74) is 5.17. The fourth-order valence-electron chi connectivity index (χ4n) is 3.11. The van der Waals surface area contributed by atoms with Gasteiger partial charge in [0.05, 0.1) is 12.0 Å². The van der Waals surface area contributed by atoms with Crippen molar-refractivity contribution >= 4 is 0 Å². The molecule has 3 rings (SSSR count). The van der Waals surface area contributed by atoms with Crippen LogP contribution in [-0.2, 0) is 19.3 Å². The first-order valence-corrected chi connectivity index (χ1v) is 8.91. The molecular weight excluding hydrogens is 302 g/mol. The molecule has 0 amide bonds. The molecule has 1 unspecified atom stereocenters. The zero-order chi connectivity index (χ0) is 17.3. The Morgan fingerprint density at radius 3 is 1.64 bits per heavy atom. The predicted molar refractivity (Wildman–Crippen MR) is 103 cm³/mol. The Hall–Kier alpha value is -2.85. The Morgan fingerprint density at radius 2 is 1.08 bits per heavy atom. The molecule has 0 radical (unpaired) electrons. The van der Waals surface area contributed by atoms with Crippen molar-refractivity contribution in [3.8, 4) is 6.07 Å². The van der Waals surface area contributed by atoms with Gasteiger partial charge in [-0.1, -0.05) is 84.9 Å². The smallest absolute Gasteiger partial charge is 0.0715 e. The maximum atomic E-state index is 9.43. The molecule has 0 aliphatic heterocycles. The lowest BCUT2D eigenvalue weighted by Crippen LogP contribution is -1.98. The summed E-state index contributed by atoms with van der Waals surface area (Å²) in [4.78, 5) is 0. The van der Waals surface area contributed by atoms with E-state index >= 15 is 0 Å². The van der Waals surface area contributed by atoms with Crippen LogP contribution in [0.1, 0.15) is 34.6 Å². The third kappa shape index (κ3) is 5.06. The summed E-state index contributed by atoms with van der Waals surface area (Å²) in [7, 11) is 0. The van der Waals surface area contributed by atoms with Crippen molar-refractivity contribution in [1.29, 1.82) is 5.26 Å². The van der Waals surface area contributed by atoms with Crippen LogP contribution in [0.5, 0.6) is 0 Å². The van der Waals surface area contributed by atoms with Gasteiger partial charge in [-0.3, -0.25) is 0 Å². The van der Waals surface area contributed by atoms with E-state index in [1.54, 1.807) is 0 Å². The second kappa shape index (κ2) is 8.85. The van der Waals surface area contributed by atoms with Gasteiger partial charge < -0.3 is 0 Å². The molecule has 3 aromatic rings. The van der Waals surface area contributed by atoms with Crippen LogP contribution < -0.4 is 0 Å².